The third-order valence-corrected chi connectivity index (χ3v) is 4.36. The Bertz CT molecular complexity index is 583. The van der Waals surface area contributed by atoms with Gasteiger partial charge in [-0.3, -0.25) is 0 Å². The SMILES string of the molecule is CC(Cl)c1nc2ccccc2n1CC1CC1(C)C. The van der Waals surface area contributed by atoms with Gasteiger partial charge in [-0.1, -0.05) is 26.0 Å². The van der Waals surface area contributed by atoms with E-state index in [2.05, 4.69) is 41.6 Å². The van der Waals surface area contributed by atoms with Crippen LogP contribution >= 0.6 is 11.6 Å². The van der Waals surface area contributed by atoms with Crippen LogP contribution in [0.2, 0.25) is 0 Å². The van der Waals surface area contributed by atoms with Crippen LogP contribution in [-0.2, 0) is 6.54 Å². The average molecular weight is 263 g/mol. The fourth-order valence-electron chi connectivity index (χ4n) is 2.70. The van der Waals surface area contributed by atoms with Crippen molar-refractivity contribution in [1.29, 1.82) is 0 Å². The molecular formula is C15H19ClN2. The van der Waals surface area contributed by atoms with Crippen molar-refractivity contribution >= 4 is 22.6 Å². The molecule has 1 heterocycles. The largest absolute Gasteiger partial charge is 0.326 e. The molecule has 2 unspecified atom stereocenters. The number of rotatable bonds is 3. The van der Waals surface area contributed by atoms with Gasteiger partial charge in [0, 0.05) is 6.54 Å². The van der Waals surface area contributed by atoms with E-state index >= 15 is 0 Å². The van der Waals surface area contributed by atoms with Crippen molar-refractivity contribution in [3.8, 4) is 0 Å². The smallest absolute Gasteiger partial charge is 0.127 e. The standard InChI is InChI=1S/C15H19ClN2/c1-10(16)14-17-12-6-4-5-7-13(12)18(14)9-11-8-15(11,2)3/h4-7,10-11H,8-9H2,1-3H3. The second-order valence-electron chi connectivity index (χ2n) is 6.07. The summed E-state index contributed by atoms with van der Waals surface area (Å²) in [5.74, 6) is 1.75. The van der Waals surface area contributed by atoms with E-state index < -0.39 is 0 Å². The zero-order chi connectivity index (χ0) is 12.9. The molecule has 0 bridgehead atoms. The van der Waals surface area contributed by atoms with E-state index in [0.29, 0.717) is 5.41 Å². The highest BCUT2D eigenvalue weighted by molar-refractivity contribution is 6.20. The molecule has 1 aliphatic carbocycles. The molecule has 0 amide bonds. The van der Waals surface area contributed by atoms with Crippen molar-refractivity contribution in [1.82, 2.24) is 9.55 Å². The van der Waals surface area contributed by atoms with Crippen molar-refractivity contribution in [3.05, 3.63) is 30.1 Å². The number of hydrogen-bond acceptors (Lipinski definition) is 1. The van der Waals surface area contributed by atoms with Gasteiger partial charge < -0.3 is 4.57 Å². The number of nitrogens with zero attached hydrogens (tertiary/aromatic N) is 2. The number of hydrogen-bond donors (Lipinski definition) is 0. The molecule has 0 radical (unpaired) electrons. The molecule has 0 saturated heterocycles. The Hall–Kier alpha value is -1.02. The summed E-state index contributed by atoms with van der Waals surface area (Å²) in [6, 6.07) is 8.30. The number of fused-ring (bicyclic) bond motifs is 1. The maximum Gasteiger partial charge on any atom is 0.127 e. The lowest BCUT2D eigenvalue weighted by Gasteiger charge is -2.11. The molecule has 1 fully saturated rings. The molecule has 0 N–H and O–H groups in total. The first-order valence-corrected chi connectivity index (χ1v) is 7.02. The van der Waals surface area contributed by atoms with Crippen LogP contribution in [0, 0.1) is 11.3 Å². The molecule has 1 saturated carbocycles. The monoisotopic (exact) mass is 262 g/mol. The number of alkyl halides is 1. The summed E-state index contributed by atoms with van der Waals surface area (Å²) in [6.45, 7) is 7.71. The van der Waals surface area contributed by atoms with Crippen LogP contribution in [0.4, 0.5) is 0 Å². The van der Waals surface area contributed by atoms with Crippen LogP contribution in [0.1, 0.15) is 38.4 Å². The number of halogens is 1. The number of aromatic nitrogens is 2. The van der Waals surface area contributed by atoms with E-state index in [-0.39, 0.29) is 5.38 Å². The van der Waals surface area contributed by atoms with Crippen LogP contribution in [0.3, 0.4) is 0 Å². The molecule has 96 valence electrons. The van der Waals surface area contributed by atoms with Gasteiger partial charge in [-0.2, -0.15) is 0 Å². The highest BCUT2D eigenvalue weighted by Crippen LogP contribution is 2.52. The summed E-state index contributed by atoms with van der Waals surface area (Å²) in [5.41, 5.74) is 2.75. The number of imidazole rings is 1. The summed E-state index contributed by atoms with van der Waals surface area (Å²) in [4.78, 5) is 4.67. The topological polar surface area (TPSA) is 17.8 Å². The summed E-state index contributed by atoms with van der Waals surface area (Å²) in [5, 5.41) is -0.0423. The van der Waals surface area contributed by atoms with Gasteiger partial charge in [-0.15, -0.1) is 11.6 Å². The van der Waals surface area contributed by atoms with Crippen molar-refractivity contribution < 1.29 is 0 Å². The zero-order valence-corrected chi connectivity index (χ0v) is 11.9. The number of benzene rings is 1. The molecule has 2 aromatic rings. The molecule has 3 rings (SSSR count). The highest BCUT2D eigenvalue weighted by atomic mass is 35.5. The van der Waals surface area contributed by atoms with Crippen LogP contribution in [0.25, 0.3) is 11.0 Å². The first kappa shape index (κ1) is 12.0. The lowest BCUT2D eigenvalue weighted by molar-refractivity contribution is 0.495. The van der Waals surface area contributed by atoms with Crippen molar-refractivity contribution in [2.45, 2.75) is 39.1 Å². The molecule has 1 aliphatic rings. The molecule has 2 atom stereocenters. The molecule has 1 aromatic heterocycles. The quantitative estimate of drug-likeness (QED) is 0.751. The van der Waals surface area contributed by atoms with E-state index in [1.807, 2.05) is 13.0 Å². The maximum absolute atomic E-state index is 6.27. The molecular weight excluding hydrogens is 244 g/mol. The van der Waals surface area contributed by atoms with Gasteiger partial charge in [-0.25, -0.2) is 4.98 Å². The lowest BCUT2D eigenvalue weighted by Crippen LogP contribution is -2.08. The van der Waals surface area contributed by atoms with Gasteiger partial charge in [0.05, 0.1) is 16.4 Å². The highest BCUT2D eigenvalue weighted by Gasteiger charge is 2.45. The fourth-order valence-corrected chi connectivity index (χ4v) is 2.86. The van der Waals surface area contributed by atoms with Crippen LogP contribution in [0.15, 0.2) is 24.3 Å². The Balaban J connectivity index is 2.04. The van der Waals surface area contributed by atoms with Gasteiger partial charge in [0.2, 0.25) is 0 Å². The van der Waals surface area contributed by atoms with Gasteiger partial charge in [0.25, 0.3) is 0 Å². The Morgan fingerprint density at radius 2 is 2.11 bits per heavy atom. The Morgan fingerprint density at radius 3 is 2.72 bits per heavy atom. The van der Waals surface area contributed by atoms with E-state index in [4.69, 9.17) is 11.6 Å². The van der Waals surface area contributed by atoms with Gasteiger partial charge >= 0.3 is 0 Å². The minimum atomic E-state index is -0.0423. The average Bonchev–Trinajstić information content (AvgIpc) is 2.76. The Labute approximate surface area is 113 Å². The molecule has 0 spiro atoms. The zero-order valence-electron chi connectivity index (χ0n) is 11.2. The summed E-state index contributed by atoms with van der Waals surface area (Å²) < 4.78 is 2.31. The third-order valence-electron chi connectivity index (χ3n) is 4.16. The molecule has 0 aliphatic heterocycles. The summed E-state index contributed by atoms with van der Waals surface area (Å²) >= 11 is 6.27. The van der Waals surface area contributed by atoms with E-state index in [9.17, 15) is 0 Å². The van der Waals surface area contributed by atoms with Gasteiger partial charge in [0.1, 0.15) is 5.82 Å². The fraction of sp³-hybridized carbons (Fsp3) is 0.533. The summed E-state index contributed by atoms with van der Waals surface area (Å²) in [6.07, 6.45) is 1.30. The van der Waals surface area contributed by atoms with E-state index in [1.165, 1.54) is 11.9 Å². The van der Waals surface area contributed by atoms with Crippen LogP contribution < -0.4 is 0 Å². The van der Waals surface area contributed by atoms with Gasteiger partial charge in [0.15, 0.2) is 0 Å². The summed E-state index contributed by atoms with van der Waals surface area (Å²) in [7, 11) is 0. The molecule has 18 heavy (non-hydrogen) atoms. The van der Waals surface area contributed by atoms with Crippen molar-refractivity contribution in [3.63, 3.8) is 0 Å². The predicted octanol–water partition coefficient (Wildman–Crippen LogP) is 4.38. The van der Waals surface area contributed by atoms with Gasteiger partial charge in [-0.05, 0) is 36.8 Å². The maximum atomic E-state index is 6.27. The normalized spacial score (nSPS) is 23.2. The van der Waals surface area contributed by atoms with Crippen molar-refractivity contribution in [2.75, 3.05) is 0 Å². The third kappa shape index (κ3) is 1.93. The van der Waals surface area contributed by atoms with Crippen LogP contribution in [-0.4, -0.2) is 9.55 Å². The molecule has 3 heteroatoms. The molecule has 2 nitrogen and oxygen atoms in total. The number of para-hydroxylation sites is 2. The second-order valence-corrected chi connectivity index (χ2v) is 6.73. The van der Waals surface area contributed by atoms with E-state index in [1.54, 1.807) is 0 Å². The predicted molar refractivity (Wildman–Crippen MR) is 75.9 cm³/mol. The van der Waals surface area contributed by atoms with Crippen LogP contribution in [0.5, 0.6) is 0 Å². The first-order valence-electron chi connectivity index (χ1n) is 6.58. The minimum absolute atomic E-state index is 0.0423. The minimum Gasteiger partial charge on any atom is -0.326 e. The second kappa shape index (κ2) is 3.99. The van der Waals surface area contributed by atoms with E-state index in [0.717, 1.165) is 23.8 Å². The Kier molecular flexibility index (Phi) is 2.67. The Morgan fingerprint density at radius 1 is 1.44 bits per heavy atom. The van der Waals surface area contributed by atoms with Crippen molar-refractivity contribution in [2.24, 2.45) is 11.3 Å². The first-order chi connectivity index (χ1) is 8.49. The molecule has 1 aromatic carbocycles. The lowest BCUT2D eigenvalue weighted by atomic mass is 10.1.